The fraction of sp³-hybridized carbons (Fsp3) is 0.414. The first-order valence-corrected chi connectivity index (χ1v) is 12.9. The van der Waals surface area contributed by atoms with E-state index < -0.39 is 17.6 Å². The third-order valence-corrected chi connectivity index (χ3v) is 8.15. The Kier molecular flexibility index (Phi) is 6.24. The number of terminal acetylenes is 1. The maximum atomic E-state index is 14.2. The normalized spacial score (nSPS) is 20.6. The lowest BCUT2D eigenvalue weighted by Gasteiger charge is -2.42. The number of nitrogens with zero attached hydrogens (tertiary/aromatic N) is 5. The van der Waals surface area contributed by atoms with Gasteiger partial charge in [-0.15, -0.1) is 22.5 Å². The van der Waals surface area contributed by atoms with E-state index >= 15 is 0 Å². The molecule has 0 aliphatic carbocycles. The summed E-state index contributed by atoms with van der Waals surface area (Å²) in [5, 5.41) is 8.17. The van der Waals surface area contributed by atoms with Gasteiger partial charge >= 0.3 is 6.18 Å². The summed E-state index contributed by atoms with van der Waals surface area (Å²) in [4.78, 5) is 17.1. The summed E-state index contributed by atoms with van der Waals surface area (Å²) in [6.07, 6.45) is 4.02. The van der Waals surface area contributed by atoms with E-state index in [1.54, 1.807) is 18.5 Å². The number of carbonyl (C=O) groups is 1. The molecule has 0 spiro atoms. The number of alkyl halides is 3. The molecule has 2 fully saturated rings. The lowest BCUT2D eigenvalue weighted by atomic mass is 9.75. The fourth-order valence-electron chi connectivity index (χ4n) is 5.88. The van der Waals surface area contributed by atoms with Crippen molar-refractivity contribution in [1.82, 2.24) is 19.7 Å². The largest absolute Gasteiger partial charge is 0.416 e. The first-order chi connectivity index (χ1) is 18.7. The number of hydrogen-bond acceptors (Lipinski definition) is 5. The number of benzene rings is 2. The van der Waals surface area contributed by atoms with Crippen molar-refractivity contribution in [2.24, 2.45) is 13.0 Å². The molecule has 2 saturated heterocycles. The average molecular weight is 536 g/mol. The number of aryl methyl sites for hydroxylation is 1. The summed E-state index contributed by atoms with van der Waals surface area (Å²) < 4.78 is 50.0. The Morgan fingerprint density at radius 2 is 2.05 bits per heavy atom. The van der Waals surface area contributed by atoms with Crippen LogP contribution in [0.4, 0.5) is 18.9 Å². The maximum Gasteiger partial charge on any atom is 0.416 e. The predicted octanol–water partition coefficient (Wildman–Crippen LogP) is 3.96. The van der Waals surface area contributed by atoms with Gasteiger partial charge in [0.15, 0.2) is 0 Å². The van der Waals surface area contributed by atoms with Crippen LogP contribution < -0.4 is 4.90 Å². The standard InChI is InChI=1S/C29H28F3N5O2/c1-3-19-7-8-36(13-19)14-20-9-23-24(25(10-20)29(30,31)32)15-37(27(23)38)22-6-4-5-21(11-22)28(16-39-17-28)12-26-34-33-18-35(26)2/h1,4-6,9-11,18-19H,7-8,12-17H2,2H3/t19-/m1/s1. The van der Waals surface area contributed by atoms with Gasteiger partial charge in [0.1, 0.15) is 12.2 Å². The van der Waals surface area contributed by atoms with E-state index in [1.807, 2.05) is 34.7 Å². The van der Waals surface area contributed by atoms with Crippen LogP contribution >= 0.6 is 0 Å². The first kappa shape index (κ1) is 25.6. The minimum Gasteiger partial charge on any atom is -0.379 e. The lowest BCUT2D eigenvalue weighted by Crippen LogP contribution is -2.49. The van der Waals surface area contributed by atoms with Gasteiger partial charge in [-0.3, -0.25) is 9.69 Å². The molecule has 0 bridgehead atoms. The summed E-state index contributed by atoms with van der Waals surface area (Å²) in [7, 11) is 1.88. The van der Waals surface area contributed by atoms with Gasteiger partial charge in [0.2, 0.25) is 0 Å². The van der Waals surface area contributed by atoms with E-state index in [2.05, 4.69) is 16.1 Å². The average Bonchev–Trinajstić information content (AvgIpc) is 3.60. The zero-order valence-electron chi connectivity index (χ0n) is 21.5. The Balaban J connectivity index is 1.31. The van der Waals surface area contributed by atoms with Crippen molar-refractivity contribution in [3.8, 4) is 12.3 Å². The molecular formula is C29H28F3N5O2. The van der Waals surface area contributed by atoms with Crippen LogP contribution in [0, 0.1) is 18.3 Å². The second-order valence-electron chi connectivity index (χ2n) is 10.8. The van der Waals surface area contributed by atoms with Gasteiger partial charge in [0.05, 0.1) is 25.3 Å². The highest BCUT2D eigenvalue weighted by Crippen LogP contribution is 2.42. The zero-order chi connectivity index (χ0) is 27.4. The Hall–Kier alpha value is -3.68. The van der Waals surface area contributed by atoms with Crippen molar-refractivity contribution >= 4 is 11.6 Å². The smallest absolute Gasteiger partial charge is 0.379 e. The van der Waals surface area contributed by atoms with Gasteiger partial charge in [-0.1, -0.05) is 12.1 Å². The van der Waals surface area contributed by atoms with Gasteiger partial charge in [-0.25, -0.2) is 0 Å². The number of halogens is 3. The van der Waals surface area contributed by atoms with Gasteiger partial charge in [-0.2, -0.15) is 13.2 Å². The molecule has 1 atom stereocenters. The number of anilines is 1. The highest BCUT2D eigenvalue weighted by Gasteiger charge is 2.43. The lowest BCUT2D eigenvalue weighted by molar-refractivity contribution is -0.138. The van der Waals surface area contributed by atoms with Crippen LogP contribution in [-0.4, -0.2) is 51.9 Å². The van der Waals surface area contributed by atoms with Crippen LogP contribution in [0.1, 0.15) is 44.9 Å². The molecule has 7 nitrogen and oxygen atoms in total. The Bertz CT molecular complexity index is 1470. The molecular weight excluding hydrogens is 507 g/mol. The third-order valence-electron chi connectivity index (χ3n) is 8.15. The number of rotatable bonds is 6. The molecule has 0 unspecified atom stereocenters. The van der Waals surface area contributed by atoms with Crippen LogP contribution in [-0.2, 0) is 42.9 Å². The predicted molar refractivity (Wildman–Crippen MR) is 138 cm³/mol. The number of hydrogen-bond donors (Lipinski definition) is 0. The van der Waals surface area contributed by atoms with Crippen LogP contribution in [0.5, 0.6) is 0 Å². The number of aromatic nitrogens is 3. The number of fused-ring (bicyclic) bond motifs is 1. The molecule has 1 aromatic heterocycles. The Morgan fingerprint density at radius 3 is 2.69 bits per heavy atom. The summed E-state index contributed by atoms with van der Waals surface area (Å²) in [6.45, 7) is 2.51. The summed E-state index contributed by atoms with van der Waals surface area (Å²) in [5.41, 5.74) is 1.01. The number of ether oxygens (including phenoxy) is 1. The second-order valence-corrected chi connectivity index (χ2v) is 10.8. The minimum absolute atomic E-state index is 0.0188. The number of likely N-dealkylation sites (tertiary alicyclic amines) is 1. The van der Waals surface area contributed by atoms with Crippen LogP contribution in [0.25, 0.3) is 0 Å². The molecule has 6 rings (SSSR count). The summed E-state index contributed by atoms with van der Waals surface area (Å²) in [6, 6.07) is 10.3. The van der Waals surface area contributed by atoms with Crippen molar-refractivity contribution in [1.29, 1.82) is 0 Å². The number of amides is 1. The second kappa shape index (κ2) is 9.50. The molecule has 2 aromatic carbocycles. The topological polar surface area (TPSA) is 63.5 Å². The fourth-order valence-corrected chi connectivity index (χ4v) is 5.88. The molecule has 0 radical (unpaired) electrons. The van der Waals surface area contributed by atoms with Gasteiger partial charge in [-0.05, 0) is 53.9 Å². The maximum absolute atomic E-state index is 14.2. The molecule has 0 saturated carbocycles. The van der Waals surface area contributed by atoms with E-state index in [4.69, 9.17) is 11.2 Å². The van der Waals surface area contributed by atoms with Crippen molar-refractivity contribution in [2.45, 2.75) is 37.5 Å². The highest BCUT2D eigenvalue weighted by atomic mass is 19.4. The molecule has 0 N–H and O–H groups in total. The van der Waals surface area contributed by atoms with E-state index in [0.29, 0.717) is 44.0 Å². The zero-order valence-corrected chi connectivity index (χ0v) is 21.5. The molecule has 3 aliphatic rings. The van der Waals surface area contributed by atoms with E-state index in [-0.39, 0.29) is 29.0 Å². The Morgan fingerprint density at radius 1 is 1.23 bits per heavy atom. The molecule has 10 heteroatoms. The molecule has 4 heterocycles. The first-order valence-electron chi connectivity index (χ1n) is 12.9. The Labute approximate surface area is 224 Å². The van der Waals surface area contributed by atoms with Gasteiger partial charge in [0, 0.05) is 49.1 Å². The molecule has 202 valence electrons. The van der Waals surface area contributed by atoms with Crippen molar-refractivity contribution in [2.75, 3.05) is 31.2 Å². The van der Waals surface area contributed by atoms with Crippen LogP contribution in [0.2, 0.25) is 0 Å². The monoisotopic (exact) mass is 535 g/mol. The highest BCUT2D eigenvalue weighted by molar-refractivity contribution is 6.10. The minimum atomic E-state index is -4.58. The van der Waals surface area contributed by atoms with Gasteiger partial charge in [0.25, 0.3) is 5.91 Å². The molecule has 39 heavy (non-hydrogen) atoms. The van der Waals surface area contributed by atoms with Crippen LogP contribution in [0.3, 0.4) is 0 Å². The van der Waals surface area contributed by atoms with Crippen molar-refractivity contribution in [3.63, 3.8) is 0 Å². The van der Waals surface area contributed by atoms with Crippen LogP contribution in [0.15, 0.2) is 42.7 Å². The van der Waals surface area contributed by atoms with E-state index in [9.17, 15) is 18.0 Å². The molecule has 1 amide bonds. The summed E-state index contributed by atoms with van der Waals surface area (Å²) >= 11 is 0. The van der Waals surface area contributed by atoms with Gasteiger partial charge < -0.3 is 14.2 Å². The third kappa shape index (κ3) is 4.60. The SMILES string of the molecule is C#C[C@@H]1CCN(Cc2cc3c(c(C(F)(F)F)c2)CN(c2cccc(C4(Cc5nncn5C)COC4)c2)C3=O)C1. The summed E-state index contributed by atoms with van der Waals surface area (Å²) in [5.74, 6) is 3.21. The molecule has 3 aromatic rings. The number of carbonyl (C=O) groups excluding carboxylic acids is 1. The van der Waals surface area contributed by atoms with Crippen molar-refractivity contribution < 1.29 is 22.7 Å². The quantitative estimate of drug-likeness (QED) is 0.448. The van der Waals surface area contributed by atoms with E-state index in [1.165, 1.54) is 11.0 Å². The van der Waals surface area contributed by atoms with E-state index in [0.717, 1.165) is 24.4 Å². The molecule has 3 aliphatic heterocycles. The van der Waals surface area contributed by atoms with Crippen molar-refractivity contribution in [3.05, 3.63) is 76.4 Å².